The number of hydrogen-bond acceptors (Lipinski definition) is 3. The van der Waals surface area contributed by atoms with Crippen molar-refractivity contribution in [1.82, 2.24) is 20.3 Å². The number of halogens is 2. The number of aromatic nitrogens is 3. The molecule has 0 radical (unpaired) electrons. The van der Waals surface area contributed by atoms with Crippen LogP contribution >= 0.6 is 23.2 Å². The number of nitrogens with one attached hydrogen (secondary N) is 1. The van der Waals surface area contributed by atoms with Crippen molar-refractivity contribution in [2.75, 3.05) is 7.05 Å². The highest BCUT2D eigenvalue weighted by Gasteiger charge is 2.16. The van der Waals surface area contributed by atoms with Gasteiger partial charge in [-0.05, 0) is 31.2 Å². The molecule has 0 fully saturated rings. The van der Waals surface area contributed by atoms with E-state index in [2.05, 4.69) is 15.6 Å². The van der Waals surface area contributed by atoms with Crippen molar-refractivity contribution in [3.63, 3.8) is 0 Å². The summed E-state index contributed by atoms with van der Waals surface area (Å²) >= 11 is 12.1. The van der Waals surface area contributed by atoms with Gasteiger partial charge in [0.1, 0.15) is 0 Å². The molecule has 1 heterocycles. The summed E-state index contributed by atoms with van der Waals surface area (Å²) in [6.07, 6.45) is 2.51. The highest BCUT2D eigenvalue weighted by Crippen LogP contribution is 2.25. The summed E-state index contributed by atoms with van der Waals surface area (Å²) in [4.78, 5) is 0. The van der Waals surface area contributed by atoms with Gasteiger partial charge in [0, 0.05) is 17.1 Å². The van der Waals surface area contributed by atoms with Gasteiger partial charge in [0.25, 0.3) is 0 Å². The molecule has 6 heteroatoms. The Morgan fingerprint density at radius 3 is 2.72 bits per heavy atom. The monoisotopic (exact) mass is 284 g/mol. The lowest BCUT2D eigenvalue weighted by Crippen LogP contribution is -2.21. The smallest absolute Gasteiger partial charge is 0.0756 e. The summed E-state index contributed by atoms with van der Waals surface area (Å²) in [6, 6.07) is 5.66. The molecule has 1 atom stereocenters. The Kier molecular flexibility index (Phi) is 4.22. The van der Waals surface area contributed by atoms with E-state index in [9.17, 15) is 0 Å². The first-order valence-corrected chi connectivity index (χ1v) is 6.33. The van der Waals surface area contributed by atoms with Crippen LogP contribution in [0.2, 0.25) is 10.0 Å². The predicted octanol–water partition coefficient (Wildman–Crippen LogP) is 2.63. The van der Waals surface area contributed by atoms with E-state index in [1.165, 1.54) is 0 Å². The summed E-state index contributed by atoms with van der Waals surface area (Å²) in [5, 5.41) is 12.4. The molecule has 4 nitrogen and oxygen atoms in total. The molecule has 0 saturated heterocycles. The largest absolute Gasteiger partial charge is 0.311 e. The normalized spacial score (nSPS) is 12.7. The molecule has 1 aromatic carbocycles. The van der Waals surface area contributed by atoms with Crippen LogP contribution in [0.4, 0.5) is 0 Å². The van der Waals surface area contributed by atoms with Crippen molar-refractivity contribution in [1.29, 1.82) is 0 Å². The van der Waals surface area contributed by atoms with E-state index in [4.69, 9.17) is 23.2 Å². The highest BCUT2D eigenvalue weighted by atomic mass is 35.5. The van der Waals surface area contributed by atoms with Gasteiger partial charge in [0.15, 0.2) is 0 Å². The molecule has 1 N–H and O–H groups in total. The van der Waals surface area contributed by atoms with Gasteiger partial charge in [-0.15, -0.1) is 5.10 Å². The first-order valence-electron chi connectivity index (χ1n) is 5.57. The quantitative estimate of drug-likeness (QED) is 0.939. The third-order valence-electron chi connectivity index (χ3n) is 2.89. The van der Waals surface area contributed by atoms with E-state index >= 15 is 0 Å². The van der Waals surface area contributed by atoms with Crippen LogP contribution in [0.15, 0.2) is 24.4 Å². The first kappa shape index (κ1) is 13.3. The van der Waals surface area contributed by atoms with Crippen molar-refractivity contribution in [2.45, 2.75) is 12.5 Å². The van der Waals surface area contributed by atoms with Crippen molar-refractivity contribution in [2.24, 2.45) is 7.05 Å². The Morgan fingerprint density at radius 1 is 1.39 bits per heavy atom. The number of nitrogens with zero attached hydrogens (tertiary/aromatic N) is 3. The summed E-state index contributed by atoms with van der Waals surface area (Å²) < 4.78 is 1.75. The molecule has 2 rings (SSSR count). The van der Waals surface area contributed by atoms with Gasteiger partial charge in [-0.3, -0.25) is 4.68 Å². The Balaban J connectivity index is 2.23. The van der Waals surface area contributed by atoms with Crippen LogP contribution < -0.4 is 5.32 Å². The molecule has 1 aromatic heterocycles. The average Bonchev–Trinajstić information content (AvgIpc) is 2.75. The molecule has 0 aliphatic carbocycles. The Bertz CT molecular complexity index is 539. The van der Waals surface area contributed by atoms with Crippen molar-refractivity contribution in [3.8, 4) is 0 Å². The van der Waals surface area contributed by atoms with Gasteiger partial charge in [0.2, 0.25) is 0 Å². The van der Waals surface area contributed by atoms with E-state index < -0.39 is 0 Å². The van der Waals surface area contributed by atoms with E-state index in [1.54, 1.807) is 16.9 Å². The van der Waals surface area contributed by atoms with E-state index in [-0.39, 0.29) is 6.04 Å². The Labute approximate surface area is 116 Å². The van der Waals surface area contributed by atoms with Crippen molar-refractivity contribution < 1.29 is 0 Å². The Morgan fingerprint density at radius 2 is 2.17 bits per heavy atom. The molecule has 0 aliphatic heterocycles. The van der Waals surface area contributed by atoms with Crippen LogP contribution in [0.25, 0.3) is 0 Å². The van der Waals surface area contributed by atoms with Gasteiger partial charge >= 0.3 is 0 Å². The number of benzene rings is 1. The van der Waals surface area contributed by atoms with Gasteiger partial charge in [-0.1, -0.05) is 34.5 Å². The molecule has 96 valence electrons. The molecule has 0 aliphatic rings. The fraction of sp³-hybridized carbons (Fsp3) is 0.333. The van der Waals surface area contributed by atoms with Crippen LogP contribution in [0, 0.1) is 0 Å². The molecule has 0 amide bonds. The predicted molar refractivity (Wildman–Crippen MR) is 73.0 cm³/mol. The maximum atomic E-state index is 6.18. The third-order valence-corrected chi connectivity index (χ3v) is 3.48. The SMILES string of the molecule is CNC(Cc1ccc(Cl)cc1Cl)c1cnnn1C. The summed E-state index contributed by atoms with van der Waals surface area (Å²) in [6.45, 7) is 0. The van der Waals surface area contributed by atoms with Crippen LogP contribution in [-0.4, -0.2) is 22.0 Å². The Hall–Kier alpha value is -1.10. The number of aryl methyl sites for hydroxylation is 1. The topological polar surface area (TPSA) is 42.7 Å². The van der Waals surface area contributed by atoms with E-state index in [0.29, 0.717) is 10.0 Å². The summed E-state index contributed by atoms with van der Waals surface area (Å²) in [5.74, 6) is 0. The standard InChI is InChI=1S/C12H14Cl2N4/c1-15-11(12-7-16-17-18(12)2)5-8-3-4-9(13)6-10(8)14/h3-4,6-7,11,15H,5H2,1-2H3. The molecule has 18 heavy (non-hydrogen) atoms. The number of hydrogen-bond donors (Lipinski definition) is 1. The fourth-order valence-electron chi connectivity index (χ4n) is 1.87. The zero-order valence-corrected chi connectivity index (χ0v) is 11.7. The minimum absolute atomic E-state index is 0.115. The maximum Gasteiger partial charge on any atom is 0.0756 e. The average molecular weight is 285 g/mol. The minimum Gasteiger partial charge on any atom is -0.311 e. The van der Waals surface area contributed by atoms with Crippen LogP contribution in [0.3, 0.4) is 0 Å². The fourth-order valence-corrected chi connectivity index (χ4v) is 2.36. The second-order valence-electron chi connectivity index (χ2n) is 4.06. The highest BCUT2D eigenvalue weighted by molar-refractivity contribution is 6.35. The number of likely N-dealkylation sites (N-methyl/N-ethyl adjacent to an activating group) is 1. The second kappa shape index (κ2) is 5.69. The zero-order valence-electron chi connectivity index (χ0n) is 10.2. The summed E-state index contributed by atoms with van der Waals surface area (Å²) in [5.41, 5.74) is 2.06. The van der Waals surface area contributed by atoms with Gasteiger partial charge in [-0.25, -0.2) is 0 Å². The zero-order chi connectivity index (χ0) is 13.1. The first-order chi connectivity index (χ1) is 8.61. The van der Waals surface area contributed by atoms with Gasteiger partial charge in [-0.2, -0.15) is 0 Å². The van der Waals surface area contributed by atoms with Crippen LogP contribution in [0.5, 0.6) is 0 Å². The van der Waals surface area contributed by atoms with E-state index in [1.807, 2.05) is 26.2 Å². The number of rotatable bonds is 4. The van der Waals surface area contributed by atoms with Gasteiger partial charge < -0.3 is 5.32 Å². The molecule has 0 saturated carbocycles. The molecular weight excluding hydrogens is 271 g/mol. The third kappa shape index (κ3) is 2.83. The maximum absolute atomic E-state index is 6.18. The lowest BCUT2D eigenvalue weighted by atomic mass is 10.0. The molecule has 1 unspecified atom stereocenters. The van der Waals surface area contributed by atoms with Gasteiger partial charge in [0.05, 0.1) is 17.9 Å². The second-order valence-corrected chi connectivity index (χ2v) is 4.91. The van der Waals surface area contributed by atoms with Crippen molar-refractivity contribution in [3.05, 3.63) is 45.7 Å². The van der Waals surface area contributed by atoms with E-state index in [0.717, 1.165) is 17.7 Å². The molecule has 2 aromatic rings. The lowest BCUT2D eigenvalue weighted by molar-refractivity contribution is 0.534. The molecule has 0 bridgehead atoms. The molecular formula is C12H14Cl2N4. The van der Waals surface area contributed by atoms with Crippen molar-refractivity contribution >= 4 is 23.2 Å². The molecule has 0 spiro atoms. The summed E-state index contributed by atoms with van der Waals surface area (Å²) in [7, 11) is 3.78. The van der Waals surface area contributed by atoms with Crippen LogP contribution in [-0.2, 0) is 13.5 Å². The lowest BCUT2D eigenvalue weighted by Gasteiger charge is -2.16. The minimum atomic E-state index is 0.115. The van der Waals surface area contributed by atoms with Crippen LogP contribution in [0.1, 0.15) is 17.3 Å².